The smallest absolute Gasteiger partial charge is 0.148 e. The molecule has 3 nitrogen and oxygen atoms in total. The lowest BCUT2D eigenvalue weighted by Crippen LogP contribution is -1.87. The quantitative estimate of drug-likeness (QED) is 0.763. The highest BCUT2D eigenvalue weighted by Crippen LogP contribution is 2.31. The molecule has 1 aromatic heterocycles. The molecule has 2 rings (SSSR count). The molecular weight excluding hydrogens is 206 g/mol. The molecule has 15 heavy (non-hydrogen) atoms. The second kappa shape index (κ2) is 3.98. The summed E-state index contributed by atoms with van der Waals surface area (Å²) in [6, 6.07) is 8.22. The topological polar surface area (TPSA) is 54.7 Å². The standard InChI is InChI=1S/C11H13N3S/c1-7-10(13-14-11(7)12)8-5-3-4-6-9(8)15-2/h3-6H,1-2H3,(H3,12,13,14). The van der Waals surface area contributed by atoms with E-state index in [-0.39, 0.29) is 0 Å². The van der Waals surface area contributed by atoms with Gasteiger partial charge in [0.1, 0.15) is 5.82 Å². The third-order valence-corrected chi connectivity index (χ3v) is 3.22. The minimum absolute atomic E-state index is 0.570. The molecule has 0 bridgehead atoms. The van der Waals surface area contributed by atoms with Crippen LogP contribution in [0.1, 0.15) is 5.56 Å². The number of nitrogen functional groups attached to an aromatic ring is 1. The van der Waals surface area contributed by atoms with Gasteiger partial charge in [-0.05, 0) is 19.2 Å². The van der Waals surface area contributed by atoms with Gasteiger partial charge in [-0.15, -0.1) is 11.8 Å². The van der Waals surface area contributed by atoms with Crippen molar-refractivity contribution in [2.45, 2.75) is 11.8 Å². The number of benzene rings is 1. The van der Waals surface area contributed by atoms with Crippen LogP contribution < -0.4 is 5.73 Å². The van der Waals surface area contributed by atoms with Crippen molar-refractivity contribution in [3.63, 3.8) is 0 Å². The Morgan fingerprint density at radius 3 is 2.67 bits per heavy atom. The first-order valence-corrected chi connectivity index (χ1v) is 5.90. The highest BCUT2D eigenvalue weighted by atomic mass is 32.2. The summed E-state index contributed by atoms with van der Waals surface area (Å²) in [5.41, 5.74) is 8.90. The molecule has 78 valence electrons. The summed E-state index contributed by atoms with van der Waals surface area (Å²) in [4.78, 5) is 1.23. The Balaban J connectivity index is 2.58. The van der Waals surface area contributed by atoms with Crippen LogP contribution in [0.2, 0.25) is 0 Å². The van der Waals surface area contributed by atoms with Crippen molar-refractivity contribution in [3.8, 4) is 11.3 Å². The number of thioether (sulfide) groups is 1. The van der Waals surface area contributed by atoms with Gasteiger partial charge in [-0.2, -0.15) is 5.10 Å². The number of nitrogens with zero attached hydrogens (tertiary/aromatic N) is 1. The van der Waals surface area contributed by atoms with Crippen LogP contribution in [0, 0.1) is 6.92 Å². The minimum Gasteiger partial charge on any atom is -0.382 e. The Labute approximate surface area is 93.1 Å². The summed E-state index contributed by atoms with van der Waals surface area (Å²) >= 11 is 1.72. The zero-order valence-electron chi connectivity index (χ0n) is 8.74. The molecule has 2 aromatic rings. The van der Waals surface area contributed by atoms with E-state index < -0.39 is 0 Å². The van der Waals surface area contributed by atoms with Gasteiger partial charge in [0.2, 0.25) is 0 Å². The summed E-state index contributed by atoms with van der Waals surface area (Å²) in [7, 11) is 0. The van der Waals surface area contributed by atoms with Crippen molar-refractivity contribution in [1.82, 2.24) is 10.2 Å². The lowest BCUT2D eigenvalue weighted by molar-refractivity contribution is 1.10. The SMILES string of the molecule is CSc1ccccc1-c1[nH]nc(N)c1C. The third-order valence-electron chi connectivity index (χ3n) is 2.42. The van der Waals surface area contributed by atoms with Crippen LogP contribution >= 0.6 is 11.8 Å². The van der Waals surface area contributed by atoms with E-state index in [1.54, 1.807) is 11.8 Å². The van der Waals surface area contributed by atoms with Crippen LogP contribution in [-0.2, 0) is 0 Å². The second-order valence-electron chi connectivity index (χ2n) is 3.31. The van der Waals surface area contributed by atoms with Crippen LogP contribution in [0.15, 0.2) is 29.2 Å². The lowest BCUT2D eigenvalue weighted by atomic mass is 10.1. The minimum atomic E-state index is 0.570. The summed E-state index contributed by atoms with van der Waals surface area (Å²) < 4.78 is 0. The van der Waals surface area contributed by atoms with Gasteiger partial charge in [-0.3, -0.25) is 5.10 Å². The van der Waals surface area contributed by atoms with Crippen LogP contribution in [0.25, 0.3) is 11.3 Å². The molecule has 0 atom stereocenters. The van der Waals surface area contributed by atoms with Crippen molar-refractivity contribution in [1.29, 1.82) is 0 Å². The Kier molecular flexibility index (Phi) is 2.68. The van der Waals surface area contributed by atoms with E-state index in [9.17, 15) is 0 Å². The average Bonchev–Trinajstić information content (AvgIpc) is 2.60. The molecule has 1 aromatic carbocycles. The van der Waals surface area contributed by atoms with Gasteiger partial charge in [-0.1, -0.05) is 18.2 Å². The first kappa shape index (κ1) is 10.1. The van der Waals surface area contributed by atoms with Gasteiger partial charge in [0.05, 0.1) is 5.69 Å². The third kappa shape index (κ3) is 1.72. The van der Waals surface area contributed by atoms with Gasteiger partial charge in [0.25, 0.3) is 0 Å². The number of rotatable bonds is 2. The number of hydrogen-bond donors (Lipinski definition) is 2. The average molecular weight is 219 g/mol. The van der Waals surface area contributed by atoms with Gasteiger partial charge >= 0.3 is 0 Å². The highest BCUT2D eigenvalue weighted by Gasteiger charge is 2.10. The zero-order chi connectivity index (χ0) is 10.8. The van der Waals surface area contributed by atoms with E-state index in [4.69, 9.17) is 5.73 Å². The fourth-order valence-electron chi connectivity index (χ4n) is 1.53. The van der Waals surface area contributed by atoms with Gasteiger partial charge in [0.15, 0.2) is 0 Å². The van der Waals surface area contributed by atoms with E-state index in [2.05, 4.69) is 28.6 Å². The van der Waals surface area contributed by atoms with Crippen LogP contribution in [-0.4, -0.2) is 16.5 Å². The fraction of sp³-hybridized carbons (Fsp3) is 0.182. The van der Waals surface area contributed by atoms with E-state index in [0.717, 1.165) is 16.8 Å². The van der Waals surface area contributed by atoms with E-state index >= 15 is 0 Å². The van der Waals surface area contributed by atoms with Crippen LogP contribution in [0.5, 0.6) is 0 Å². The maximum atomic E-state index is 5.72. The molecule has 0 fully saturated rings. The zero-order valence-corrected chi connectivity index (χ0v) is 9.56. The largest absolute Gasteiger partial charge is 0.382 e. The number of anilines is 1. The number of aromatic nitrogens is 2. The van der Waals surface area contributed by atoms with Crippen molar-refractivity contribution in [3.05, 3.63) is 29.8 Å². The van der Waals surface area contributed by atoms with Gasteiger partial charge in [0, 0.05) is 16.0 Å². The van der Waals surface area contributed by atoms with Crippen LogP contribution in [0.3, 0.4) is 0 Å². The predicted molar refractivity (Wildman–Crippen MR) is 65.0 cm³/mol. The Morgan fingerprint density at radius 1 is 1.33 bits per heavy atom. The number of hydrogen-bond acceptors (Lipinski definition) is 3. The van der Waals surface area contributed by atoms with Crippen molar-refractivity contribution < 1.29 is 0 Å². The van der Waals surface area contributed by atoms with Crippen molar-refractivity contribution in [2.75, 3.05) is 12.0 Å². The monoisotopic (exact) mass is 219 g/mol. The number of H-pyrrole nitrogens is 1. The maximum Gasteiger partial charge on any atom is 0.148 e. The Morgan fingerprint density at radius 2 is 2.07 bits per heavy atom. The number of nitrogens with two attached hydrogens (primary N) is 1. The van der Waals surface area contributed by atoms with Crippen molar-refractivity contribution in [2.24, 2.45) is 0 Å². The molecule has 0 spiro atoms. The summed E-state index contributed by atoms with van der Waals surface area (Å²) in [5, 5.41) is 6.99. The first-order valence-electron chi connectivity index (χ1n) is 4.68. The fourth-order valence-corrected chi connectivity index (χ4v) is 2.13. The Hall–Kier alpha value is -1.42. The molecule has 0 aliphatic carbocycles. The second-order valence-corrected chi connectivity index (χ2v) is 4.16. The summed E-state index contributed by atoms with van der Waals surface area (Å²) in [6.45, 7) is 1.98. The van der Waals surface area contributed by atoms with Gasteiger partial charge < -0.3 is 5.73 Å². The molecule has 4 heteroatoms. The molecule has 1 heterocycles. The molecule has 0 aliphatic rings. The number of nitrogens with one attached hydrogen (secondary N) is 1. The highest BCUT2D eigenvalue weighted by molar-refractivity contribution is 7.98. The van der Waals surface area contributed by atoms with Crippen molar-refractivity contribution >= 4 is 17.6 Å². The molecule has 0 aliphatic heterocycles. The van der Waals surface area contributed by atoms with Gasteiger partial charge in [-0.25, -0.2) is 0 Å². The molecular formula is C11H13N3S. The lowest BCUT2D eigenvalue weighted by Gasteiger charge is -2.05. The maximum absolute atomic E-state index is 5.72. The normalized spacial score (nSPS) is 10.5. The summed E-state index contributed by atoms with van der Waals surface area (Å²) in [6.07, 6.45) is 2.06. The number of aromatic amines is 1. The van der Waals surface area contributed by atoms with E-state index in [1.165, 1.54) is 4.90 Å². The van der Waals surface area contributed by atoms with E-state index in [0.29, 0.717) is 5.82 Å². The summed E-state index contributed by atoms with van der Waals surface area (Å²) in [5.74, 6) is 0.570. The predicted octanol–water partition coefficient (Wildman–Crippen LogP) is 2.69. The molecule has 0 saturated carbocycles. The molecule has 0 saturated heterocycles. The van der Waals surface area contributed by atoms with E-state index in [1.807, 2.05) is 19.1 Å². The molecule has 3 N–H and O–H groups in total. The van der Waals surface area contributed by atoms with Crippen LogP contribution in [0.4, 0.5) is 5.82 Å². The Bertz CT molecular complexity index is 476. The molecule has 0 radical (unpaired) electrons. The molecule has 0 unspecified atom stereocenters. The first-order chi connectivity index (χ1) is 7.24. The molecule has 0 amide bonds.